The largest absolute Gasteiger partial charge is 0.339 e. The Morgan fingerprint density at radius 3 is 2.44 bits per heavy atom. The van der Waals surface area contributed by atoms with Crippen LogP contribution in [0.15, 0.2) is 0 Å². The van der Waals surface area contributed by atoms with E-state index in [1.54, 1.807) is 0 Å². The number of amides is 1. The van der Waals surface area contributed by atoms with Crippen molar-refractivity contribution >= 4 is 5.91 Å². The normalized spacial score (nSPS) is 30.1. The van der Waals surface area contributed by atoms with Gasteiger partial charge in [0.15, 0.2) is 0 Å². The Labute approximate surface area is 98.4 Å². The van der Waals surface area contributed by atoms with Gasteiger partial charge in [-0.15, -0.1) is 0 Å². The molecule has 0 aromatic carbocycles. The van der Waals surface area contributed by atoms with Crippen LogP contribution in [0.5, 0.6) is 0 Å². The highest BCUT2D eigenvalue weighted by molar-refractivity contribution is 5.86. The molecule has 0 radical (unpaired) electrons. The quantitative estimate of drug-likeness (QED) is 0.733. The third kappa shape index (κ3) is 2.07. The Morgan fingerprint density at radius 1 is 1.56 bits per heavy atom. The number of hydrogen-bond donors (Lipinski definition) is 0. The topological polar surface area (TPSA) is 44.1 Å². The van der Waals surface area contributed by atoms with Crippen molar-refractivity contribution in [2.45, 2.75) is 53.0 Å². The van der Waals surface area contributed by atoms with Crippen molar-refractivity contribution in [3.8, 4) is 6.07 Å². The first-order valence-corrected chi connectivity index (χ1v) is 6.23. The van der Waals surface area contributed by atoms with E-state index in [1.165, 1.54) is 0 Å². The van der Waals surface area contributed by atoms with Gasteiger partial charge in [0.05, 0.1) is 6.07 Å². The molecule has 1 rings (SSSR count). The van der Waals surface area contributed by atoms with Crippen LogP contribution in [0.1, 0.15) is 47.0 Å². The molecule has 0 heterocycles. The van der Waals surface area contributed by atoms with E-state index in [9.17, 15) is 10.1 Å². The second-order valence-corrected chi connectivity index (χ2v) is 5.06. The average Bonchev–Trinajstić information content (AvgIpc) is 2.24. The summed E-state index contributed by atoms with van der Waals surface area (Å²) in [4.78, 5) is 14.2. The Morgan fingerprint density at radius 2 is 2.12 bits per heavy atom. The first-order chi connectivity index (χ1) is 7.50. The van der Waals surface area contributed by atoms with Crippen molar-refractivity contribution in [3.63, 3.8) is 0 Å². The van der Waals surface area contributed by atoms with Gasteiger partial charge in [0.2, 0.25) is 5.91 Å². The van der Waals surface area contributed by atoms with Gasteiger partial charge in [-0.2, -0.15) is 5.26 Å². The zero-order valence-corrected chi connectivity index (χ0v) is 10.8. The van der Waals surface area contributed by atoms with E-state index in [1.807, 2.05) is 11.8 Å². The Hall–Kier alpha value is -1.04. The summed E-state index contributed by atoms with van der Waals surface area (Å²) < 4.78 is 0. The van der Waals surface area contributed by atoms with Crippen LogP contribution in [-0.2, 0) is 4.79 Å². The van der Waals surface area contributed by atoms with Gasteiger partial charge in [-0.25, -0.2) is 0 Å². The predicted molar refractivity (Wildman–Crippen MR) is 63.6 cm³/mol. The van der Waals surface area contributed by atoms with Crippen LogP contribution in [0.4, 0.5) is 0 Å². The van der Waals surface area contributed by atoms with Crippen LogP contribution in [-0.4, -0.2) is 23.4 Å². The molecule has 0 bridgehead atoms. The first kappa shape index (κ1) is 13.0. The third-order valence-corrected chi connectivity index (χ3v) is 3.74. The summed E-state index contributed by atoms with van der Waals surface area (Å²) in [6, 6.07) is 2.48. The third-order valence-electron chi connectivity index (χ3n) is 3.74. The molecule has 0 spiro atoms. The number of hydrogen-bond acceptors (Lipinski definition) is 2. The molecule has 0 N–H and O–H groups in total. The van der Waals surface area contributed by atoms with E-state index in [2.05, 4.69) is 26.8 Å². The summed E-state index contributed by atoms with van der Waals surface area (Å²) in [6.45, 7) is 8.91. The SMILES string of the molecule is CCC(C)N(CC)C(=O)C1(C#N)CC(C)C1. The lowest BCUT2D eigenvalue weighted by Crippen LogP contribution is -2.52. The summed E-state index contributed by atoms with van der Waals surface area (Å²) in [5, 5.41) is 9.23. The van der Waals surface area contributed by atoms with Crippen molar-refractivity contribution in [3.05, 3.63) is 0 Å². The molecule has 1 saturated carbocycles. The molecule has 1 unspecified atom stereocenters. The smallest absolute Gasteiger partial charge is 0.243 e. The maximum atomic E-state index is 12.4. The molecule has 1 atom stereocenters. The van der Waals surface area contributed by atoms with Gasteiger partial charge >= 0.3 is 0 Å². The maximum absolute atomic E-state index is 12.4. The van der Waals surface area contributed by atoms with Crippen LogP contribution in [0.3, 0.4) is 0 Å². The second kappa shape index (κ2) is 4.86. The molecule has 0 aromatic heterocycles. The van der Waals surface area contributed by atoms with E-state index in [4.69, 9.17) is 0 Å². The zero-order chi connectivity index (χ0) is 12.3. The maximum Gasteiger partial charge on any atom is 0.243 e. The molecule has 1 fully saturated rings. The Bertz CT molecular complexity index is 300. The van der Waals surface area contributed by atoms with E-state index in [0.29, 0.717) is 12.5 Å². The summed E-state index contributed by atoms with van der Waals surface area (Å²) in [6.07, 6.45) is 2.40. The zero-order valence-electron chi connectivity index (χ0n) is 10.8. The minimum absolute atomic E-state index is 0.0463. The van der Waals surface area contributed by atoms with Gasteiger partial charge in [0.25, 0.3) is 0 Å². The summed E-state index contributed by atoms with van der Waals surface area (Å²) in [5.74, 6) is 0.559. The minimum atomic E-state index is -0.709. The summed E-state index contributed by atoms with van der Waals surface area (Å²) >= 11 is 0. The van der Waals surface area contributed by atoms with Gasteiger partial charge in [-0.3, -0.25) is 4.79 Å². The minimum Gasteiger partial charge on any atom is -0.339 e. The average molecular weight is 222 g/mol. The molecule has 0 saturated heterocycles. The predicted octanol–water partition coefficient (Wildman–Crippen LogP) is 2.57. The fourth-order valence-electron chi connectivity index (χ4n) is 2.59. The molecule has 90 valence electrons. The molecule has 16 heavy (non-hydrogen) atoms. The lowest BCUT2D eigenvalue weighted by atomic mass is 9.62. The lowest BCUT2D eigenvalue weighted by molar-refractivity contribution is -0.147. The molecular formula is C13H22N2O. The number of carbonyl (C=O) groups excluding carboxylic acids is 1. The Balaban J connectivity index is 2.79. The number of nitriles is 1. The lowest BCUT2D eigenvalue weighted by Gasteiger charge is -2.43. The standard InChI is InChI=1S/C13H22N2O/c1-5-11(4)15(6-2)12(16)13(9-14)7-10(3)8-13/h10-11H,5-8H2,1-4H3. The van der Waals surface area contributed by atoms with Crippen LogP contribution >= 0.6 is 0 Å². The molecule has 3 nitrogen and oxygen atoms in total. The van der Waals surface area contributed by atoms with E-state index in [-0.39, 0.29) is 11.9 Å². The van der Waals surface area contributed by atoms with Crippen molar-refractivity contribution in [2.24, 2.45) is 11.3 Å². The highest BCUT2D eigenvalue weighted by atomic mass is 16.2. The van der Waals surface area contributed by atoms with Crippen LogP contribution in [0, 0.1) is 22.7 Å². The number of carbonyl (C=O) groups is 1. The van der Waals surface area contributed by atoms with Crippen molar-refractivity contribution in [1.82, 2.24) is 4.90 Å². The van der Waals surface area contributed by atoms with Gasteiger partial charge in [-0.1, -0.05) is 13.8 Å². The van der Waals surface area contributed by atoms with Gasteiger partial charge < -0.3 is 4.90 Å². The number of rotatable bonds is 4. The van der Waals surface area contributed by atoms with Crippen LogP contribution in [0.25, 0.3) is 0 Å². The summed E-state index contributed by atoms with van der Waals surface area (Å²) in [5.41, 5.74) is -0.709. The highest BCUT2D eigenvalue weighted by Gasteiger charge is 2.50. The molecule has 0 aromatic rings. The molecule has 0 aliphatic heterocycles. The van der Waals surface area contributed by atoms with E-state index >= 15 is 0 Å². The number of nitrogens with zero attached hydrogens (tertiary/aromatic N) is 2. The second-order valence-electron chi connectivity index (χ2n) is 5.06. The van der Waals surface area contributed by atoms with Crippen molar-refractivity contribution in [2.75, 3.05) is 6.54 Å². The monoisotopic (exact) mass is 222 g/mol. The van der Waals surface area contributed by atoms with Gasteiger partial charge in [0, 0.05) is 12.6 Å². The fraction of sp³-hybridized carbons (Fsp3) is 0.846. The first-order valence-electron chi connectivity index (χ1n) is 6.23. The van der Waals surface area contributed by atoms with Gasteiger partial charge in [-0.05, 0) is 39.0 Å². The molecule has 1 aliphatic carbocycles. The molecule has 1 aliphatic rings. The fourth-order valence-corrected chi connectivity index (χ4v) is 2.59. The molecule has 3 heteroatoms. The Kier molecular flexibility index (Phi) is 3.96. The molecular weight excluding hydrogens is 200 g/mol. The van der Waals surface area contributed by atoms with Crippen LogP contribution < -0.4 is 0 Å². The molecule has 1 amide bonds. The van der Waals surface area contributed by atoms with Crippen molar-refractivity contribution < 1.29 is 4.79 Å². The van der Waals surface area contributed by atoms with E-state index < -0.39 is 5.41 Å². The summed E-state index contributed by atoms with van der Waals surface area (Å²) in [7, 11) is 0. The van der Waals surface area contributed by atoms with E-state index in [0.717, 1.165) is 19.3 Å². The van der Waals surface area contributed by atoms with Crippen molar-refractivity contribution in [1.29, 1.82) is 5.26 Å². The highest BCUT2D eigenvalue weighted by Crippen LogP contribution is 2.46. The van der Waals surface area contributed by atoms with Crippen LogP contribution in [0.2, 0.25) is 0 Å². The van der Waals surface area contributed by atoms with Gasteiger partial charge in [0.1, 0.15) is 5.41 Å².